The normalized spacial score (nSPS) is 17.6. The molecule has 6 fully saturated rings. The molecule has 0 unspecified atom stereocenters. The number of aliphatic carboxylic acids is 4. The summed E-state index contributed by atoms with van der Waals surface area (Å²) in [6.45, 7) is 28.2. The molecule has 18 rings (SSSR count). The summed E-state index contributed by atoms with van der Waals surface area (Å²) in [4.78, 5) is 79.5. The molecule has 130 heavy (non-hydrogen) atoms. The number of hydrogen-bond donors (Lipinski definition) is 6. The Labute approximate surface area is 760 Å². The van der Waals surface area contributed by atoms with Crippen molar-refractivity contribution in [2.45, 2.75) is 173 Å². The second kappa shape index (κ2) is 41.0. The van der Waals surface area contributed by atoms with Gasteiger partial charge in [0.05, 0.1) is 35.9 Å². The number of ketones is 2. The van der Waals surface area contributed by atoms with Crippen LogP contribution in [0.25, 0.3) is 22.3 Å². The average Bonchev–Trinajstić information content (AvgIpc) is 1.23. The molecule has 0 aromatic heterocycles. The van der Waals surface area contributed by atoms with E-state index >= 15 is 0 Å². The number of rotatable bonds is 16. The summed E-state index contributed by atoms with van der Waals surface area (Å²) in [7, 11) is 3.32. The minimum atomic E-state index is -0.802. The van der Waals surface area contributed by atoms with E-state index in [1.807, 2.05) is 88.4 Å². The predicted molar refractivity (Wildman–Crippen MR) is 496 cm³/mol. The fraction of sp³-hybridized carbons (Fsp3) is 0.415. The van der Waals surface area contributed by atoms with Gasteiger partial charge in [0.2, 0.25) is 0 Å². The Balaban J connectivity index is 0.000000146. The number of carbonyl (C=O) groups is 6. The van der Waals surface area contributed by atoms with Crippen LogP contribution < -0.4 is 28.4 Å². The molecule has 8 aromatic carbocycles. The standard InChI is InChI=1S/C27H29NO5.C27H31NO5.C24H24FNO4.C24H26FNO4.2C2H6/c1-17(29)19-4-6-24-23(13-19)25(22-14-21(32-2)5-3-20(22)15-33-24)18-7-11-28(12-8-18)16-27(9-10-27)26(30)31;1-17(29)19-6-8-24-23(13-19)25(22-14-21(32-4)7-5-20(22)15-33-24)18-9-11-28(12-10-18)16-27(2,3)26(30)31;25-17-1-3-19-16(11-17)13-30-21-4-2-18(27)12-20(21)22(19)15-5-9-26(10-6-15)14-24(7-8-24)23(28)29;1-24(2,23(28)29)14-26-9-7-15(8-10-26)22-19-5-3-17(25)11-16(19)13-30-21-6-4-18(27)12-20(21)22;2*1-2/h3-6,13-14H,7-12,15-16H2,1-2H3,(H,30,31);5-8,13-14H,9-12,15-16H2,1-4H3,(H,30,31);1-4,11-12,27H,5-10,13-14H2,(H,28,29);3-6,11-12,27H,7-10,13-14H2,1-2H3,(H,28,29);2*1-2H3. The number of phenolic OH excluding ortho intramolecular Hbond substituents is 2. The molecule has 22 nitrogen and oxygen atoms in total. The van der Waals surface area contributed by atoms with Gasteiger partial charge in [-0.1, -0.05) is 74.3 Å². The van der Waals surface area contributed by atoms with Gasteiger partial charge in [0.1, 0.15) is 84.1 Å². The smallest absolute Gasteiger partial charge is 0.310 e. The number of hydrogen-bond acceptors (Lipinski definition) is 18. The molecule has 24 heteroatoms. The van der Waals surface area contributed by atoms with E-state index < -0.39 is 45.5 Å². The average molecular weight is 1780 g/mol. The maximum absolute atomic E-state index is 13.9. The third kappa shape index (κ3) is 21.7. The summed E-state index contributed by atoms with van der Waals surface area (Å²) >= 11 is 0. The molecule has 0 radical (unpaired) electrons. The van der Waals surface area contributed by atoms with Crippen LogP contribution in [0.3, 0.4) is 0 Å². The van der Waals surface area contributed by atoms with Crippen molar-refractivity contribution in [1.82, 2.24) is 19.6 Å². The summed E-state index contributed by atoms with van der Waals surface area (Å²) < 4.78 is 63.0. The van der Waals surface area contributed by atoms with Crippen LogP contribution in [0.4, 0.5) is 8.78 Å². The van der Waals surface area contributed by atoms with Crippen LogP contribution in [0.2, 0.25) is 0 Å². The van der Waals surface area contributed by atoms with Crippen molar-refractivity contribution in [3.8, 4) is 46.0 Å². The van der Waals surface area contributed by atoms with Crippen molar-refractivity contribution in [2.75, 3.05) is 92.8 Å². The molecule has 688 valence electrons. The zero-order chi connectivity index (χ0) is 93.3. The highest BCUT2D eigenvalue weighted by Gasteiger charge is 2.52. The van der Waals surface area contributed by atoms with Crippen LogP contribution in [0.15, 0.2) is 168 Å². The minimum absolute atomic E-state index is 0.0167. The van der Waals surface area contributed by atoms with Crippen molar-refractivity contribution < 1.29 is 96.6 Å². The van der Waals surface area contributed by atoms with Crippen LogP contribution in [-0.4, -0.2) is 178 Å². The van der Waals surface area contributed by atoms with Crippen LogP contribution in [0, 0.1) is 33.3 Å². The zero-order valence-electron chi connectivity index (χ0n) is 76.8. The molecule has 2 saturated carbocycles. The van der Waals surface area contributed by atoms with Crippen LogP contribution in [-0.2, 0) is 45.6 Å². The molecule has 8 heterocycles. The van der Waals surface area contributed by atoms with Gasteiger partial charge in [-0.05, 0) is 296 Å². The molecule has 0 bridgehead atoms. The highest BCUT2D eigenvalue weighted by Crippen LogP contribution is 2.52. The summed E-state index contributed by atoms with van der Waals surface area (Å²) in [5.74, 6) is 1.28. The first-order valence-corrected chi connectivity index (χ1v) is 45.4. The third-order valence-electron chi connectivity index (χ3n) is 26.5. The maximum atomic E-state index is 13.9. The van der Waals surface area contributed by atoms with Crippen LogP contribution in [0.5, 0.6) is 46.0 Å². The number of fused-ring (bicyclic) bond motifs is 8. The summed E-state index contributed by atoms with van der Waals surface area (Å²) in [5.41, 5.74) is 19.2. The molecular formula is C106H122F2N4O18. The van der Waals surface area contributed by atoms with Gasteiger partial charge >= 0.3 is 23.9 Å². The lowest BCUT2D eigenvalue weighted by molar-refractivity contribution is -0.148. The number of piperidine rings is 4. The summed E-state index contributed by atoms with van der Waals surface area (Å²) in [6, 6.07) is 43.0. The van der Waals surface area contributed by atoms with E-state index in [1.165, 1.54) is 46.6 Å². The first-order chi connectivity index (χ1) is 62.3. The van der Waals surface area contributed by atoms with E-state index in [9.17, 15) is 68.2 Å². The summed E-state index contributed by atoms with van der Waals surface area (Å²) in [5, 5.41) is 58.2. The lowest BCUT2D eigenvalue weighted by Gasteiger charge is -2.34. The van der Waals surface area contributed by atoms with Crippen molar-refractivity contribution in [1.29, 1.82) is 0 Å². The molecule has 4 saturated heterocycles. The van der Waals surface area contributed by atoms with Crippen molar-refractivity contribution in [2.24, 2.45) is 21.7 Å². The molecule has 8 aliphatic heterocycles. The number of carboxylic acid groups (broad SMARTS) is 4. The second-order valence-corrected chi connectivity index (χ2v) is 36.3. The lowest BCUT2D eigenvalue weighted by atomic mass is 9.85. The Kier molecular flexibility index (Phi) is 30.2. The highest BCUT2D eigenvalue weighted by molar-refractivity contribution is 5.99. The molecule has 8 aromatic rings. The second-order valence-electron chi connectivity index (χ2n) is 36.3. The van der Waals surface area contributed by atoms with Crippen molar-refractivity contribution in [3.63, 3.8) is 0 Å². The van der Waals surface area contributed by atoms with Gasteiger partial charge in [0.15, 0.2) is 11.6 Å². The zero-order valence-corrected chi connectivity index (χ0v) is 76.8. The Morgan fingerprint density at radius 2 is 0.654 bits per heavy atom. The molecule has 0 atom stereocenters. The predicted octanol–water partition coefficient (Wildman–Crippen LogP) is 20.0. The van der Waals surface area contributed by atoms with Crippen molar-refractivity contribution >= 4 is 57.7 Å². The topological polar surface area (TPSA) is 292 Å². The number of carbonyl (C=O) groups excluding carboxylic acids is 2. The van der Waals surface area contributed by atoms with Crippen molar-refractivity contribution in [3.05, 3.63) is 257 Å². The number of phenols is 2. The number of benzene rings is 8. The number of aromatic hydroxyl groups is 2. The fourth-order valence-corrected chi connectivity index (χ4v) is 18.7. The van der Waals surface area contributed by atoms with E-state index in [0.717, 1.165) is 241 Å². The van der Waals surface area contributed by atoms with Gasteiger partial charge in [-0.25, -0.2) is 8.78 Å². The van der Waals surface area contributed by atoms with Gasteiger partial charge < -0.3 is 78.7 Å². The largest absolute Gasteiger partial charge is 0.508 e. The Hall–Kier alpha value is -12.0. The number of Topliss-reactive ketones (excluding diaryl/α,β-unsaturated/α-hetero) is 2. The molecule has 6 N–H and O–H groups in total. The minimum Gasteiger partial charge on any atom is -0.508 e. The molecule has 0 spiro atoms. The number of ether oxygens (including phenoxy) is 6. The van der Waals surface area contributed by atoms with Gasteiger partial charge in [0, 0.05) is 123 Å². The Morgan fingerprint density at radius 1 is 0.362 bits per heavy atom. The maximum Gasteiger partial charge on any atom is 0.310 e. The Bertz CT molecular complexity index is 5410. The number of carboxylic acids is 4. The molecular weight excluding hydrogens is 1660 g/mol. The van der Waals surface area contributed by atoms with Gasteiger partial charge in [-0.2, -0.15) is 0 Å². The fourth-order valence-electron chi connectivity index (χ4n) is 18.7. The van der Waals surface area contributed by atoms with Crippen LogP contribution >= 0.6 is 0 Å². The lowest BCUT2D eigenvalue weighted by Crippen LogP contribution is -2.42. The monoisotopic (exact) mass is 1780 g/mol. The van der Waals surface area contributed by atoms with Crippen LogP contribution in [0.1, 0.15) is 234 Å². The van der Waals surface area contributed by atoms with E-state index in [1.54, 1.807) is 104 Å². The van der Waals surface area contributed by atoms with Gasteiger partial charge in [-0.3, -0.25) is 28.8 Å². The quantitative estimate of drug-likeness (QED) is 0.0490. The van der Waals surface area contributed by atoms with Gasteiger partial charge in [-0.15, -0.1) is 0 Å². The number of likely N-dealkylation sites (tertiary alicyclic amines) is 4. The van der Waals surface area contributed by atoms with E-state index in [0.29, 0.717) is 62.0 Å². The molecule has 2 aliphatic carbocycles. The third-order valence-corrected chi connectivity index (χ3v) is 26.5. The number of halogens is 2. The highest BCUT2D eigenvalue weighted by atomic mass is 19.1. The van der Waals surface area contributed by atoms with E-state index in [-0.39, 0.29) is 47.9 Å². The summed E-state index contributed by atoms with van der Waals surface area (Å²) in [6.07, 6.45) is 9.58. The molecule has 10 aliphatic rings. The first-order valence-electron chi connectivity index (χ1n) is 45.4. The van der Waals surface area contributed by atoms with E-state index in [2.05, 4.69) is 31.7 Å². The SMILES string of the molecule is CC.CC.CC(C)(CN1CCC(=C2c3ccc(F)cc3COc3ccc(O)cc32)CC1)C(=O)O.COc1ccc2c(c1)C(=C1CCN(CC(C)(C)C(=O)O)CC1)c1cc(C(C)=O)ccc1OC2.COc1ccc2c(c1)C(=C1CCN(CC3(C(=O)O)CC3)CC1)c1cc(C(C)=O)ccc1OC2.O=C(O)C1(CN2CCC(=C3c4ccc(F)cc4COc4ccc(O)cc43)CC2)CC1. The number of methoxy groups -OCH3 is 2. The van der Waals surface area contributed by atoms with E-state index in [4.69, 9.17) is 28.4 Å². The Morgan fingerprint density at radius 3 is 0.946 bits per heavy atom. The molecule has 0 amide bonds. The van der Waals surface area contributed by atoms with Gasteiger partial charge in [0.25, 0.3) is 0 Å². The first kappa shape index (κ1) is 95.6. The number of nitrogens with zero attached hydrogens (tertiary/aromatic N) is 4.